The SMILES string of the molecule is COc1ccc(CNC(=O)N2CCC(C#N)CC2)c(OC)c1. The maximum absolute atomic E-state index is 12.2. The van der Waals surface area contributed by atoms with Crippen LogP contribution in [-0.2, 0) is 6.54 Å². The summed E-state index contributed by atoms with van der Waals surface area (Å²) in [5.41, 5.74) is 0.892. The zero-order valence-electron chi connectivity index (χ0n) is 13.0. The molecule has 1 aromatic rings. The summed E-state index contributed by atoms with van der Waals surface area (Å²) in [5.74, 6) is 1.47. The Morgan fingerprint density at radius 1 is 1.36 bits per heavy atom. The number of hydrogen-bond donors (Lipinski definition) is 1. The highest BCUT2D eigenvalue weighted by molar-refractivity contribution is 5.74. The van der Waals surface area contributed by atoms with Crippen molar-refractivity contribution in [2.75, 3.05) is 27.3 Å². The number of hydrogen-bond acceptors (Lipinski definition) is 4. The van der Waals surface area contributed by atoms with E-state index in [9.17, 15) is 4.79 Å². The van der Waals surface area contributed by atoms with E-state index in [0.29, 0.717) is 31.1 Å². The Morgan fingerprint density at radius 3 is 2.68 bits per heavy atom. The first-order valence-corrected chi connectivity index (χ1v) is 7.31. The standard InChI is InChI=1S/C16H21N3O3/c1-21-14-4-3-13(15(9-14)22-2)11-18-16(20)19-7-5-12(10-17)6-8-19/h3-4,9,12H,5-8,11H2,1-2H3,(H,18,20). The molecule has 6 heteroatoms. The molecule has 1 N–H and O–H groups in total. The smallest absolute Gasteiger partial charge is 0.317 e. The van der Waals surface area contributed by atoms with Gasteiger partial charge in [0.15, 0.2) is 0 Å². The van der Waals surface area contributed by atoms with Gasteiger partial charge in [-0.25, -0.2) is 4.79 Å². The third kappa shape index (κ3) is 3.82. The zero-order valence-corrected chi connectivity index (χ0v) is 13.0. The largest absolute Gasteiger partial charge is 0.497 e. The maximum Gasteiger partial charge on any atom is 0.317 e. The minimum Gasteiger partial charge on any atom is -0.497 e. The molecule has 2 amide bonds. The van der Waals surface area contributed by atoms with E-state index in [-0.39, 0.29) is 11.9 Å². The van der Waals surface area contributed by atoms with Crippen molar-refractivity contribution >= 4 is 6.03 Å². The summed E-state index contributed by atoms with van der Waals surface area (Å²) in [7, 11) is 3.19. The van der Waals surface area contributed by atoms with Crippen molar-refractivity contribution in [3.05, 3.63) is 23.8 Å². The predicted octanol–water partition coefficient (Wildman–Crippen LogP) is 2.15. The highest BCUT2D eigenvalue weighted by atomic mass is 16.5. The van der Waals surface area contributed by atoms with E-state index in [1.807, 2.05) is 12.1 Å². The summed E-state index contributed by atoms with van der Waals surface area (Å²) in [6.07, 6.45) is 1.49. The quantitative estimate of drug-likeness (QED) is 0.925. The van der Waals surface area contributed by atoms with Crippen LogP contribution >= 0.6 is 0 Å². The molecule has 0 atom stereocenters. The second-order valence-corrected chi connectivity index (χ2v) is 5.23. The van der Waals surface area contributed by atoms with Gasteiger partial charge in [-0.3, -0.25) is 0 Å². The summed E-state index contributed by atoms with van der Waals surface area (Å²) in [6.45, 7) is 1.65. The third-order valence-electron chi connectivity index (χ3n) is 3.89. The number of carbonyl (C=O) groups excluding carboxylic acids is 1. The van der Waals surface area contributed by atoms with Crippen LogP contribution in [0.5, 0.6) is 11.5 Å². The molecule has 1 aliphatic rings. The molecular weight excluding hydrogens is 282 g/mol. The summed E-state index contributed by atoms with van der Waals surface area (Å²) >= 11 is 0. The molecule has 1 fully saturated rings. The van der Waals surface area contributed by atoms with Crippen LogP contribution in [0, 0.1) is 17.2 Å². The lowest BCUT2D eigenvalue weighted by molar-refractivity contribution is 0.178. The van der Waals surface area contributed by atoms with Gasteiger partial charge in [0.25, 0.3) is 0 Å². The molecule has 1 saturated heterocycles. The number of benzene rings is 1. The van der Waals surface area contributed by atoms with Crippen molar-refractivity contribution in [3.8, 4) is 17.6 Å². The number of ether oxygens (including phenoxy) is 2. The molecule has 118 valence electrons. The summed E-state index contributed by atoms with van der Waals surface area (Å²) < 4.78 is 10.5. The second kappa shape index (κ2) is 7.55. The van der Waals surface area contributed by atoms with Gasteiger partial charge in [-0.15, -0.1) is 0 Å². The Hall–Kier alpha value is -2.42. The van der Waals surface area contributed by atoms with Gasteiger partial charge in [0.05, 0.1) is 20.3 Å². The Morgan fingerprint density at radius 2 is 2.09 bits per heavy atom. The zero-order chi connectivity index (χ0) is 15.9. The molecule has 6 nitrogen and oxygen atoms in total. The van der Waals surface area contributed by atoms with E-state index in [2.05, 4.69) is 11.4 Å². The molecule has 2 rings (SSSR count). The molecule has 22 heavy (non-hydrogen) atoms. The van der Waals surface area contributed by atoms with E-state index < -0.39 is 0 Å². The number of carbonyl (C=O) groups is 1. The van der Waals surface area contributed by atoms with Crippen LogP contribution in [0.1, 0.15) is 18.4 Å². The molecule has 1 aliphatic heterocycles. The van der Waals surface area contributed by atoms with Crippen LogP contribution in [-0.4, -0.2) is 38.2 Å². The Balaban J connectivity index is 1.90. The molecule has 0 aromatic heterocycles. The predicted molar refractivity (Wildman–Crippen MR) is 81.7 cm³/mol. The van der Waals surface area contributed by atoms with Crippen LogP contribution in [0.2, 0.25) is 0 Å². The van der Waals surface area contributed by atoms with E-state index in [4.69, 9.17) is 14.7 Å². The first kappa shape index (κ1) is 16.0. The van der Waals surface area contributed by atoms with E-state index in [1.54, 1.807) is 25.2 Å². The normalized spacial score (nSPS) is 15.0. The van der Waals surface area contributed by atoms with Crippen molar-refractivity contribution in [3.63, 3.8) is 0 Å². The number of likely N-dealkylation sites (tertiary alicyclic amines) is 1. The average molecular weight is 303 g/mol. The first-order valence-electron chi connectivity index (χ1n) is 7.31. The fraction of sp³-hybridized carbons (Fsp3) is 0.500. The van der Waals surface area contributed by atoms with Crippen LogP contribution in [0.4, 0.5) is 4.79 Å². The molecule has 0 bridgehead atoms. The van der Waals surface area contributed by atoms with E-state index >= 15 is 0 Å². The van der Waals surface area contributed by atoms with Crippen molar-refractivity contribution in [2.45, 2.75) is 19.4 Å². The molecule has 1 heterocycles. The maximum atomic E-state index is 12.2. The fourth-order valence-corrected chi connectivity index (χ4v) is 2.49. The van der Waals surface area contributed by atoms with Crippen molar-refractivity contribution in [1.82, 2.24) is 10.2 Å². The molecular formula is C16H21N3O3. The minimum absolute atomic E-state index is 0.0748. The molecule has 0 aliphatic carbocycles. The highest BCUT2D eigenvalue weighted by Crippen LogP contribution is 2.24. The molecule has 0 spiro atoms. The van der Waals surface area contributed by atoms with Gasteiger partial charge in [0.1, 0.15) is 11.5 Å². The molecule has 0 unspecified atom stereocenters. The van der Waals surface area contributed by atoms with Crippen LogP contribution in [0.25, 0.3) is 0 Å². The number of urea groups is 1. The van der Waals surface area contributed by atoms with Gasteiger partial charge in [-0.2, -0.15) is 5.26 Å². The van der Waals surface area contributed by atoms with Gasteiger partial charge in [0.2, 0.25) is 0 Å². The first-order chi connectivity index (χ1) is 10.7. The number of nitriles is 1. The van der Waals surface area contributed by atoms with Crippen LogP contribution in [0.3, 0.4) is 0 Å². The number of nitrogens with zero attached hydrogens (tertiary/aromatic N) is 2. The lowest BCUT2D eigenvalue weighted by atomic mass is 9.99. The minimum atomic E-state index is -0.103. The van der Waals surface area contributed by atoms with Crippen molar-refractivity contribution < 1.29 is 14.3 Å². The molecule has 0 radical (unpaired) electrons. The van der Waals surface area contributed by atoms with Gasteiger partial charge in [-0.05, 0) is 25.0 Å². The second-order valence-electron chi connectivity index (χ2n) is 5.23. The van der Waals surface area contributed by atoms with Crippen LogP contribution in [0.15, 0.2) is 18.2 Å². The molecule has 1 aromatic carbocycles. The molecule has 0 saturated carbocycles. The van der Waals surface area contributed by atoms with Crippen LogP contribution < -0.4 is 14.8 Å². The Labute approximate surface area is 130 Å². The number of rotatable bonds is 4. The fourth-order valence-electron chi connectivity index (χ4n) is 2.49. The average Bonchev–Trinajstić information content (AvgIpc) is 2.59. The number of piperidine rings is 1. The summed E-state index contributed by atoms with van der Waals surface area (Å²) in [4.78, 5) is 13.9. The monoisotopic (exact) mass is 303 g/mol. The summed E-state index contributed by atoms with van der Waals surface area (Å²) in [5, 5.41) is 11.8. The van der Waals surface area contributed by atoms with E-state index in [0.717, 1.165) is 18.4 Å². The Kier molecular flexibility index (Phi) is 5.48. The number of nitrogens with one attached hydrogen (secondary N) is 1. The lowest BCUT2D eigenvalue weighted by Crippen LogP contribution is -2.44. The number of methoxy groups -OCH3 is 2. The van der Waals surface area contributed by atoms with Gasteiger partial charge in [-0.1, -0.05) is 0 Å². The summed E-state index contributed by atoms with van der Waals surface area (Å²) in [6, 6.07) is 7.66. The third-order valence-corrected chi connectivity index (χ3v) is 3.89. The van der Waals surface area contributed by atoms with Gasteiger partial charge in [0, 0.05) is 37.2 Å². The van der Waals surface area contributed by atoms with E-state index in [1.165, 1.54) is 0 Å². The highest BCUT2D eigenvalue weighted by Gasteiger charge is 2.22. The van der Waals surface area contributed by atoms with Crippen molar-refractivity contribution in [1.29, 1.82) is 5.26 Å². The number of amides is 2. The Bertz CT molecular complexity index is 560. The topological polar surface area (TPSA) is 74.6 Å². The van der Waals surface area contributed by atoms with Crippen molar-refractivity contribution in [2.24, 2.45) is 5.92 Å². The van der Waals surface area contributed by atoms with Gasteiger partial charge >= 0.3 is 6.03 Å². The van der Waals surface area contributed by atoms with Gasteiger partial charge < -0.3 is 19.7 Å². The lowest BCUT2D eigenvalue weighted by Gasteiger charge is -2.29.